The molecule has 1 saturated carbocycles. The van der Waals surface area contributed by atoms with Gasteiger partial charge >= 0.3 is 0 Å². The molecule has 0 unspecified atom stereocenters. The van der Waals surface area contributed by atoms with E-state index in [-0.39, 0.29) is 17.4 Å². The van der Waals surface area contributed by atoms with Gasteiger partial charge in [0.2, 0.25) is 11.1 Å². The number of hydrogen-bond acceptors (Lipinski definition) is 5. The summed E-state index contributed by atoms with van der Waals surface area (Å²) < 4.78 is 0. The summed E-state index contributed by atoms with van der Waals surface area (Å²) in [5.74, 6) is 1.78. The predicted molar refractivity (Wildman–Crippen MR) is 102 cm³/mol. The molecule has 0 bridgehead atoms. The van der Waals surface area contributed by atoms with Gasteiger partial charge in [0.05, 0.1) is 5.75 Å². The number of Topliss-reactive ketones (excluding diaryl/α,β-unsaturated/α-hetero) is 1. The summed E-state index contributed by atoms with van der Waals surface area (Å²) in [6.07, 6.45) is 7.45. The molecule has 0 saturated heterocycles. The van der Waals surface area contributed by atoms with Gasteiger partial charge in [0.15, 0.2) is 5.78 Å². The molecule has 3 rings (SSSR count). The van der Waals surface area contributed by atoms with Gasteiger partial charge in [-0.1, -0.05) is 49.6 Å². The summed E-state index contributed by atoms with van der Waals surface area (Å²) >= 11 is 1.30. The van der Waals surface area contributed by atoms with Crippen molar-refractivity contribution in [2.45, 2.75) is 50.6 Å². The molecule has 0 atom stereocenters. The van der Waals surface area contributed by atoms with Crippen molar-refractivity contribution < 1.29 is 9.59 Å². The van der Waals surface area contributed by atoms with Crippen molar-refractivity contribution in [2.24, 2.45) is 5.92 Å². The third kappa shape index (κ3) is 5.42. The van der Waals surface area contributed by atoms with Gasteiger partial charge in [-0.3, -0.25) is 14.7 Å². The van der Waals surface area contributed by atoms with E-state index in [1.807, 2.05) is 0 Å². The average Bonchev–Trinajstić information content (AvgIpc) is 3.30. The largest absolute Gasteiger partial charge is 0.325 e. The number of rotatable bonds is 8. The Labute approximate surface area is 157 Å². The molecular formula is C19H24N4O2S. The van der Waals surface area contributed by atoms with Crippen molar-refractivity contribution in [1.29, 1.82) is 0 Å². The third-order valence-electron chi connectivity index (χ3n) is 4.66. The van der Waals surface area contributed by atoms with Crippen molar-refractivity contribution in [2.75, 3.05) is 11.1 Å². The minimum atomic E-state index is -0.145. The molecule has 0 radical (unpaired) electrons. The molecule has 1 fully saturated rings. The summed E-state index contributed by atoms with van der Waals surface area (Å²) in [5, 5.41) is 10.5. The van der Waals surface area contributed by atoms with Crippen molar-refractivity contribution in [3.8, 4) is 0 Å². The van der Waals surface area contributed by atoms with Crippen LogP contribution in [0.4, 0.5) is 5.69 Å². The summed E-state index contributed by atoms with van der Waals surface area (Å²) in [6, 6.07) is 6.93. The Balaban J connectivity index is 1.44. The Bertz CT molecular complexity index is 768. The molecule has 138 valence electrons. The standard InChI is InChI=1S/C19H24N4O2S/c1-13(24)15-7-4-8-16(11-15)20-18(25)12-26-19-21-17(22-23-19)10-9-14-5-2-3-6-14/h4,7-8,11,14H,2-3,5-6,9-10,12H2,1H3,(H,20,25)(H,21,22,23). The Morgan fingerprint density at radius 1 is 1.31 bits per heavy atom. The maximum absolute atomic E-state index is 12.1. The van der Waals surface area contributed by atoms with Crippen LogP contribution in [0.15, 0.2) is 29.4 Å². The van der Waals surface area contributed by atoms with Gasteiger partial charge < -0.3 is 5.32 Å². The Hall–Kier alpha value is -2.15. The van der Waals surface area contributed by atoms with Crippen LogP contribution in [0.5, 0.6) is 0 Å². The second-order valence-corrected chi connectivity index (χ2v) is 7.67. The number of H-pyrrole nitrogens is 1. The quantitative estimate of drug-likeness (QED) is 0.543. The van der Waals surface area contributed by atoms with E-state index < -0.39 is 0 Å². The van der Waals surface area contributed by atoms with Crippen LogP contribution in [-0.2, 0) is 11.2 Å². The maximum atomic E-state index is 12.1. The van der Waals surface area contributed by atoms with Crippen LogP contribution >= 0.6 is 11.8 Å². The molecule has 1 aromatic carbocycles. The van der Waals surface area contributed by atoms with E-state index in [0.717, 1.165) is 24.6 Å². The lowest BCUT2D eigenvalue weighted by atomic mass is 10.0. The van der Waals surface area contributed by atoms with E-state index in [1.54, 1.807) is 24.3 Å². The van der Waals surface area contributed by atoms with E-state index in [1.165, 1.54) is 44.4 Å². The number of aromatic nitrogens is 3. The Kier molecular flexibility index (Phi) is 6.44. The molecule has 1 aromatic heterocycles. The minimum absolute atomic E-state index is 0.0265. The molecule has 6 nitrogen and oxygen atoms in total. The van der Waals surface area contributed by atoms with E-state index in [0.29, 0.717) is 16.4 Å². The van der Waals surface area contributed by atoms with Crippen molar-refractivity contribution in [3.63, 3.8) is 0 Å². The zero-order valence-electron chi connectivity index (χ0n) is 15.0. The van der Waals surface area contributed by atoms with E-state index in [2.05, 4.69) is 20.5 Å². The normalized spacial score (nSPS) is 14.5. The molecule has 0 spiro atoms. The molecule has 2 N–H and O–H groups in total. The first-order valence-corrected chi connectivity index (χ1v) is 10.0. The zero-order valence-corrected chi connectivity index (χ0v) is 15.8. The molecule has 2 aromatic rings. The van der Waals surface area contributed by atoms with Crippen LogP contribution in [0.2, 0.25) is 0 Å². The van der Waals surface area contributed by atoms with Crippen LogP contribution in [0.1, 0.15) is 55.2 Å². The van der Waals surface area contributed by atoms with Gasteiger partial charge in [0.1, 0.15) is 5.82 Å². The number of carbonyl (C=O) groups excluding carboxylic acids is 2. The predicted octanol–water partition coefficient (Wildman–Crippen LogP) is 3.86. The first-order chi connectivity index (χ1) is 12.6. The number of benzene rings is 1. The van der Waals surface area contributed by atoms with E-state index >= 15 is 0 Å². The summed E-state index contributed by atoms with van der Waals surface area (Å²) in [5.41, 5.74) is 1.20. The van der Waals surface area contributed by atoms with Gasteiger partial charge in [-0.05, 0) is 31.4 Å². The number of anilines is 1. The molecule has 1 aliphatic carbocycles. The number of carbonyl (C=O) groups is 2. The highest BCUT2D eigenvalue weighted by Crippen LogP contribution is 2.28. The van der Waals surface area contributed by atoms with E-state index in [9.17, 15) is 9.59 Å². The van der Waals surface area contributed by atoms with Crippen LogP contribution < -0.4 is 5.32 Å². The second-order valence-electron chi connectivity index (χ2n) is 6.73. The lowest BCUT2D eigenvalue weighted by Crippen LogP contribution is -2.14. The summed E-state index contributed by atoms with van der Waals surface area (Å²) in [7, 11) is 0. The summed E-state index contributed by atoms with van der Waals surface area (Å²) in [6.45, 7) is 1.50. The van der Waals surface area contributed by atoms with Crippen molar-refractivity contribution in [3.05, 3.63) is 35.7 Å². The van der Waals surface area contributed by atoms with Gasteiger partial charge in [-0.2, -0.15) is 0 Å². The Morgan fingerprint density at radius 2 is 2.12 bits per heavy atom. The van der Waals surface area contributed by atoms with Crippen LogP contribution in [0.3, 0.4) is 0 Å². The number of aromatic amines is 1. The van der Waals surface area contributed by atoms with Crippen molar-refractivity contribution in [1.82, 2.24) is 15.2 Å². The number of nitrogens with one attached hydrogen (secondary N) is 2. The molecule has 26 heavy (non-hydrogen) atoms. The fourth-order valence-electron chi connectivity index (χ4n) is 3.24. The highest BCUT2D eigenvalue weighted by Gasteiger charge is 2.16. The van der Waals surface area contributed by atoms with Gasteiger partial charge in [-0.15, -0.1) is 5.10 Å². The van der Waals surface area contributed by atoms with Crippen molar-refractivity contribution >= 4 is 29.1 Å². The SMILES string of the molecule is CC(=O)c1cccc(NC(=O)CSc2n[nH]c(CCC3CCCC3)n2)c1. The first kappa shape index (κ1) is 18.6. The van der Waals surface area contributed by atoms with Crippen LogP contribution in [0.25, 0.3) is 0 Å². The molecular weight excluding hydrogens is 348 g/mol. The second kappa shape index (κ2) is 8.98. The number of thioether (sulfide) groups is 1. The third-order valence-corrected chi connectivity index (χ3v) is 5.51. The fraction of sp³-hybridized carbons (Fsp3) is 0.474. The number of amides is 1. The highest BCUT2D eigenvalue weighted by atomic mass is 32.2. The smallest absolute Gasteiger partial charge is 0.234 e. The molecule has 1 heterocycles. The van der Waals surface area contributed by atoms with Gasteiger partial charge in [-0.25, -0.2) is 4.98 Å². The number of ketones is 1. The number of aryl methyl sites for hydroxylation is 1. The summed E-state index contributed by atoms with van der Waals surface area (Å²) in [4.78, 5) is 27.9. The van der Waals surface area contributed by atoms with E-state index in [4.69, 9.17) is 0 Å². The van der Waals surface area contributed by atoms with Gasteiger partial charge in [0, 0.05) is 17.7 Å². The molecule has 0 aliphatic heterocycles. The lowest BCUT2D eigenvalue weighted by molar-refractivity contribution is -0.113. The van der Waals surface area contributed by atoms with Crippen LogP contribution in [0, 0.1) is 5.92 Å². The maximum Gasteiger partial charge on any atom is 0.234 e. The molecule has 1 aliphatic rings. The number of nitrogens with zero attached hydrogens (tertiary/aromatic N) is 2. The topological polar surface area (TPSA) is 87.7 Å². The van der Waals surface area contributed by atoms with Crippen LogP contribution in [-0.4, -0.2) is 32.6 Å². The highest BCUT2D eigenvalue weighted by molar-refractivity contribution is 7.99. The lowest BCUT2D eigenvalue weighted by Gasteiger charge is -2.05. The minimum Gasteiger partial charge on any atom is -0.325 e. The monoisotopic (exact) mass is 372 g/mol. The molecule has 7 heteroatoms. The Morgan fingerprint density at radius 3 is 2.88 bits per heavy atom. The number of hydrogen-bond donors (Lipinski definition) is 2. The molecule has 1 amide bonds. The zero-order chi connectivity index (χ0) is 18.4. The first-order valence-electron chi connectivity index (χ1n) is 9.05. The van der Waals surface area contributed by atoms with Gasteiger partial charge in [0.25, 0.3) is 0 Å². The average molecular weight is 372 g/mol. The fourth-order valence-corrected chi connectivity index (χ4v) is 3.85.